The Morgan fingerprint density at radius 3 is 2.76 bits per heavy atom. The van der Waals surface area contributed by atoms with E-state index >= 15 is 0 Å². The van der Waals surface area contributed by atoms with Crippen LogP contribution < -0.4 is 9.47 Å². The van der Waals surface area contributed by atoms with Crippen molar-refractivity contribution in [2.75, 3.05) is 19.6 Å². The molecule has 0 heterocycles. The zero-order chi connectivity index (χ0) is 12.7. The van der Waals surface area contributed by atoms with Gasteiger partial charge in [0.1, 0.15) is 6.61 Å². The van der Waals surface area contributed by atoms with Crippen LogP contribution in [0.15, 0.2) is 30.4 Å². The number of Topliss-reactive ketones (excluding diaryl/α,β-unsaturated/α-hetero) is 1. The number of rotatable bonds is 6. The highest BCUT2D eigenvalue weighted by molar-refractivity contribution is 6.18. The van der Waals surface area contributed by atoms with Gasteiger partial charge in [0, 0.05) is 5.88 Å². The van der Waals surface area contributed by atoms with Crippen LogP contribution >= 0.6 is 11.6 Å². The molecule has 0 amide bonds. The second-order valence-electron chi connectivity index (χ2n) is 3.33. The maximum absolute atomic E-state index is 11.4. The molecule has 4 heteroatoms. The topological polar surface area (TPSA) is 35.5 Å². The summed E-state index contributed by atoms with van der Waals surface area (Å²) in [5.41, 5.74) is 0.517. The lowest BCUT2D eigenvalue weighted by molar-refractivity contribution is 0.101. The van der Waals surface area contributed by atoms with E-state index in [1.54, 1.807) is 37.5 Å². The first-order valence-electron chi connectivity index (χ1n) is 5.22. The minimum Gasteiger partial charge on any atom is -0.493 e. The second kappa shape index (κ2) is 6.97. The van der Waals surface area contributed by atoms with Crippen LogP contribution in [-0.4, -0.2) is 25.4 Å². The van der Waals surface area contributed by atoms with Gasteiger partial charge in [0.2, 0.25) is 0 Å². The molecule has 0 aliphatic carbocycles. The predicted octanol–water partition coefficient (Wildman–Crippen LogP) is 3.07. The Bertz CT molecular complexity index is 413. The van der Waals surface area contributed by atoms with Crippen LogP contribution in [0.25, 0.3) is 0 Å². The number of hydrogen-bond donors (Lipinski definition) is 0. The number of para-hydroxylation sites is 1. The van der Waals surface area contributed by atoms with Crippen molar-refractivity contribution >= 4 is 17.4 Å². The summed E-state index contributed by atoms with van der Waals surface area (Å²) in [6.45, 7) is 1.85. The molecule has 0 N–H and O–H groups in total. The minimum absolute atomic E-state index is 0.0553. The number of alkyl halides is 1. The van der Waals surface area contributed by atoms with Crippen molar-refractivity contribution in [1.82, 2.24) is 0 Å². The molecule has 0 aliphatic rings. The average molecular weight is 255 g/mol. The van der Waals surface area contributed by atoms with Gasteiger partial charge < -0.3 is 9.47 Å². The van der Waals surface area contributed by atoms with E-state index in [1.807, 2.05) is 0 Å². The van der Waals surface area contributed by atoms with Crippen molar-refractivity contribution in [3.05, 3.63) is 35.9 Å². The van der Waals surface area contributed by atoms with Crippen molar-refractivity contribution in [3.8, 4) is 11.5 Å². The highest BCUT2D eigenvalue weighted by Gasteiger charge is 2.13. The summed E-state index contributed by atoms with van der Waals surface area (Å²) in [6, 6.07) is 5.23. The number of carbonyl (C=O) groups excluding carboxylic acids is 1. The van der Waals surface area contributed by atoms with Gasteiger partial charge in [-0.2, -0.15) is 0 Å². The molecule has 0 saturated heterocycles. The monoisotopic (exact) mass is 254 g/mol. The zero-order valence-electron chi connectivity index (χ0n) is 9.90. The van der Waals surface area contributed by atoms with Crippen LogP contribution in [0.2, 0.25) is 0 Å². The summed E-state index contributed by atoms with van der Waals surface area (Å²) in [7, 11) is 1.54. The minimum atomic E-state index is -0.0553. The molecule has 92 valence electrons. The normalized spacial score (nSPS) is 10.5. The maximum atomic E-state index is 11.4. The summed E-state index contributed by atoms with van der Waals surface area (Å²) >= 11 is 5.50. The standard InChI is InChI=1S/C13H15ClO3/c1-10(15)11-6-5-7-12(16-2)13(11)17-9-4-3-8-14/h3-7H,8-9H2,1-2H3/b4-3-. The summed E-state index contributed by atoms with van der Waals surface area (Å²) in [4.78, 5) is 11.4. The van der Waals surface area contributed by atoms with E-state index in [1.165, 1.54) is 6.92 Å². The Morgan fingerprint density at radius 1 is 1.41 bits per heavy atom. The van der Waals surface area contributed by atoms with Gasteiger partial charge in [-0.1, -0.05) is 18.2 Å². The fourth-order valence-corrected chi connectivity index (χ4v) is 1.49. The molecule has 1 rings (SSSR count). The first kappa shape index (κ1) is 13.6. The van der Waals surface area contributed by atoms with Gasteiger partial charge in [-0.25, -0.2) is 0 Å². The molecular formula is C13H15ClO3. The Labute approximate surface area is 106 Å². The number of allylic oxidation sites excluding steroid dienone is 1. The third kappa shape index (κ3) is 3.79. The van der Waals surface area contributed by atoms with Gasteiger partial charge in [0.15, 0.2) is 17.3 Å². The smallest absolute Gasteiger partial charge is 0.172 e. The highest BCUT2D eigenvalue weighted by Crippen LogP contribution is 2.31. The zero-order valence-corrected chi connectivity index (χ0v) is 10.7. The van der Waals surface area contributed by atoms with E-state index in [0.717, 1.165) is 0 Å². The van der Waals surface area contributed by atoms with Crippen molar-refractivity contribution < 1.29 is 14.3 Å². The number of methoxy groups -OCH3 is 1. The molecule has 0 spiro atoms. The van der Waals surface area contributed by atoms with Gasteiger partial charge in [-0.15, -0.1) is 11.6 Å². The molecule has 0 radical (unpaired) electrons. The molecule has 3 nitrogen and oxygen atoms in total. The Balaban J connectivity index is 2.93. The number of ketones is 1. The molecule has 0 fully saturated rings. The van der Waals surface area contributed by atoms with Gasteiger partial charge in [-0.05, 0) is 19.1 Å². The molecule has 1 aromatic carbocycles. The maximum Gasteiger partial charge on any atom is 0.172 e. The van der Waals surface area contributed by atoms with E-state index < -0.39 is 0 Å². The molecule has 0 bridgehead atoms. The number of hydrogen-bond acceptors (Lipinski definition) is 3. The third-order valence-electron chi connectivity index (χ3n) is 2.16. The Hall–Kier alpha value is -1.48. The fourth-order valence-electron chi connectivity index (χ4n) is 1.37. The first-order valence-corrected chi connectivity index (χ1v) is 5.75. The third-order valence-corrected chi connectivity index (χ3v) is 2.34. The van der Waals surface area contributed by atoms with E-state index in [0.29, 0.717) is 29.5 Å². The molecule has 0 unspecified atom stereocenters. The molecule has 0 atom stereocenters. The fraction of sp³-hybridized carbons (Fsp3) is 0.308. The van der Waals surface area contributed by atoms with Crippen molar-refractivity contribution in [1.29, 1.82) is 0 Å². The van der Waals surface area contributed by atoms with Crippen molar-refractivity contribution in [2.24, 2.45) is 0 Å². The van der Waals surface area contributed by atoms with E-state index in [-0.39, 0.29) is 5.78 Å². The number of carbonyl (C=O) groups is 1. The Morgan fingerprint density at radius 2 is 2.18 bits per heavy atom. The van der Waals surface area contributed by atoms with Crippen LogP contribution in [0.3, 0.4) is 0 Å². The molecule has 0 saturated carbocycles. The molecule has 0 aromatic heterocycles. The number of ether oxygens (including phenoxy) is 2. The van der Waals surface area contributed by atoms with Gasteiger partial charge >= 0.3 is 0 Å². The summed E-state index contributed by atoms with van der Waals surface area (Å²) < 4.78 is 10.7. The number of halogens is 1. The molecule has 0 aliphatic heterocycles. The summed E-state index contributed by atoms with van der Waals surface area (Å²) in [5.74, 6) is 1.41. The van der Waals surface area contributed by atoms with Crippen molar-refractivity contribution in [2.45, 2.75) is 6.92 Å². The van der Waals surface area contributed by atoms with Gasteiger partial charge in [0.05, 0.1) is 12.7 Å². The lowest BCUT2D eigenvalue weighted by Crippen LogP contribution is -2.03. The van der Waals surface area contributed by atoms with E-state index in [2.05, 4.69) is 0 Å². The molecular weight excluding hydrogens is 240 g/mol. The lowest BCUT2D eigenvalue weighted by Gasteiger charge is -2.12. The van der Waals surface area contributed by atoms with Gasteiger partial charge in [-0.3, -0.25) is 4.79 Å². The van der Waals surface area contributed by atoms with Crippen LogP contribution in [-0.2, 0) is 0 Å². The first-order chi connectivity index (χ1) is 8.20. The largest absolute Gasteiger partial charge is 0.493 e. The Kier molecular flexibility index (Phi) is 5.57. The lowest BCUT2D eigenvalue weighted by atomic mass is 10.1. The average Bonchev–Trinajstić information content (AvgIpc) is 2.34. The molecule has 1 aromatic rings. The summed E-state index contributed by atoms with van der Waals surface area (Å²) in [5, 5.41) is 0. The van der Waals surface area contributed by atoms with Gasteiger partial charge in [0.25, 0.3) is 0 Å². The van der Waals surface area contributed by atoms with Crippen LogP contribution in [0.1, 0.15) is 17.3 Å². The van der Waals surface area contributed by atoms with Crippen LogP contribution in [0, 0.1) is 0 Å². The number of benzene rings is 1. The van der Waals surface area contributed by atoms with Crippen LogP contribution in [0.4, 0.5) is 0 Å². The second-order valence-corrected chi connectivity index (χ2v) is 3.64. The van der Waals surface area contributed by atoms with E-state index in [9.17, 15) is 4.79 Å². The summed E-state index contributed by atoms with van der Waals surface area (Å²) in [6.07, 6.45) is 3.58. The SMILES string of the molecule is COc1cccc(C(C)=O)c1OC/C=C\CCl. The quantitative estimate of drug-likeness (QED) is 0.445. The predicted molar refractivity (Wildman–Crippen MR) is 68.4 cm³/mol. The van der Waals surface area contributed by atoms with Crippen LogP contribution in [0.5, 0.6) is 11.5 Å². The van der Waals surface area contributed by atoms with E-state index in [4.69, 9.17) is 21.1 Å². The van der Waals surface area contributed by atoms with Crippen molar-refractivity contribution in [3.63, 3.8) is 0 Å². The highest BCUT2D eigenvalue weighted by atomic mass is 35.5. The molecule has 17 heavy (non-hydrogen) atoms.